The van der Waals surface area contributed by atoms with Gasteiger partial charge < -0.3 is 50.9 Å². The summed E-state index contributed by atoms with van der Waals surface area (Å²) in [7, 11) is 2.26. The molecule has 1 aromatic heterocycles. The van der Waals surface area contributed by atoms with E-state index in [9.17, 15) is 30.7 Å². The summed E-state index contributed by atoms with van der Waals surface area (Å²) < 4.78 is 20.6. The highest BCUT2D eigenvalue weighted by Gasteiger charge is 2.54. The Bertz CT molecular complexity index is 2020. The molecule has 292 valence electrons. The summed E-state index contributed by atoms with van der Waals surface area (Å²) in [5, 5.41) is 66.2. The molecule has 16 heteroatoms. The van der Waals surface area contributed by atoms with E-state index in [2.05, 4.69) is 10.5 Å². The van der Waals surface area contributed by atoms with Gasteiger partial charge in [-0.05, 0) is 82.4 Å². The fourth-order valence-electron chi connectivity index (χ4n) is 9.62. The Balaban J connectivity index is 1.49. The van der Waals surface area contributed by atoms with Crippen LogP contribution in [0.5, 0.6) is 11.5 Å². The third kappa shape index (κ3) is 6.22. The average Bonchev–Trinajstić information content (AvgIpc) is 3.79. The van der Waals surface area contributed by atoms with Crippen LogP contribution in [0.3, 0.4) is 0 Å². The summed E-state index contributed by atoms with van der Waals surface area (Å²) >= 11 is 0. The van der Waals surface area contributed by atoms with Crippen molar-refractivity contribution >= 4 is 44.2 Å². The predicted molar refractivity (Wildman–Crippen MR) is 205 cm³/mol. The molecule has 0 spiro atoms. The molecule has 0 saturated heterocycles. The number of hydrogen-bond donors (Lipinski definition) is 9. The highest BCUT2D eigenvalue weighted by molar-refractivity contribution is 8.76. The Morgan fingerprint density at radius 3 is 2.46 bits per heavy atom. The number of nitrogens with two attached hydrogens (primary N) is 2. The van der Waals surface area contributed by atoms with E-state index in [0.29, 0.717) is 42.7 Å². The second kappa shape index (κ2) is 14.1. The number of guanidine groups is 1. The normalized spacial score (nSPS) is 32.1. The maximum absolute atomic E-state index is 15.7. The van der Waals surface area contributed by atoms with Crippen molar-refractivity contribution in [2.75, 3.05) is 17.8 Å². The zero-order chi connectivity index (χ0) is 38.2. The predicted octanol–water partition coefficient (Wildman–Crippen LogP) is 3.95. The van der Waals surface area contributed by atoms with Crippen LogP contribution in [0.2, 0.25) is 0 Å². The molecule has 7 atom stereocenters. The minimum Gasteiger partial charge on any atom is -0.489 e. The summed E-state index contributed by atoms with van der Waals surface area (Å²) in [6, 6.07) is 6.96. The summed E-state index contributed by atoms with van der Waals surface area (Å²) in [5.74, 6) is -0.643. The maximum Gasteiger partial charge on any atom is 0.200 e. The lowest BCUT2D eigenvalue weighted by molar-refractivity contribution is -0.0734. The summed E-state index contributed by atoms with van der Waals surface area (Å²) in [4.78, 5) is 20.1. The molecule has 2 bridgehead atoms. The number of hydrogen-bond acceptors (Lipinski definition) is 14. The molecule has 54 heavy (non-hydrogen) atoms. The topological polar surface area (TPSA) is 246 Å². The van der Waals surface area contributed by atoms with Crippen LogP contribution in [-0.2, 0) is 5.60 Å². The Hall–Kier alpha value is -3.22. The van der Waals surface area contributed by atoms with Crippen molar-refractivity contribution in [3.8, 4) is 11.5 Å². The van der Waals surface area contributed by atoms with Crippen LogP contribution in [0.25, 0.3) is 11.0 Å². The molecule has 2 saturated carbocycles. The first-order valence-corrected chi connectivity index (χ1v) is 21.0. The van der Waals surface area contributed by atoms with Gasteiger partial charge in [0.15, 0.2) is 12.2 Å². The van der Waals surface area contributed by atoms with Crippen LogP contribution in [0.4, 0.5) is 5.69 Å². The lowest BCUT2D eigenvalue weighted by atomic mass is 9.70. The second-order valence-corrected chi connectivity index (χ2v) is 18.4. The highest BCUT2D eigenvalue weighted by Crippen LogP contribution is 2.61. The van der Waals surface area contributed by atoms with Crippen molar-refractivity contribution in [3.05, 3.63) is 62.5 Å². The van der Waals surface area contributed by atoms with Gasteiger partial charge in [-0.2, -0.15) is 0 Å². The van der Waals surface area contributed by atoms with E-state index in [0.717, 1.165) is 42.0 Å². The molecule has 5 aliphatic rings. The van der Waals surface area contributed by atoms with Crippen molar-refractivity contribution in [1.29, 1.82) is 0 Å². The van der Waals surface area contributed by atoms with Crippen molar-refractivity contribution < 1.29 is 44.6 Å². The minimum absolute atomic E-state index is 0.00669. The first kappa shape index (κ1) is 37.7. The Labute approximate surface area is 319 Å². The lowest BCUT2D eigenvalue weighted by Crippen LogP contribution is -2.47. The first-order chi connectivity index (χ1) is 25.8. The second-order valence-electron chi connectivity index (χ2n) is 15.9. The summed E-state index contributed by atoms with van der Waals surface area (Å²) in [6.07, 6.45) is 2.65. The van der Waals surface area contributed by atoms with Crippen molar-refractivity contribution in [1.82, 2.24) is 0 Å². The van der Waals surface area contributed by atoms with E-state index >= 15 is 4.79 Å². The van der Waals surface area contributed by atoms with Crippen molar-refractivity contribution in [2.24, 2.45) is 16.5 Å². The van der Waals surface area contributed by atoms with E-state index in [4.69, 9.17) is 25.4 Å². The van der Waals surface area contributed by atoms with Gasteiger partial charge >= 0.3 is 0 Å². The van der Waals surface area contributed by atoms with E-state index in [1.807, 2.05) is 0 Å². The first-order valence-electron chi connectivity index (χ1n) is 18.6. The molecule has 3 aromatic rings. The smallest absolute Gasteiger partial charge is 0.200 e. The largest absolute Gasteiger partial charge is 0.489 e. The number of fused-ring (bicyclic) bond motifs is 4. The summed E-state index contributed by atoms with van der Waals surface area (Å²) in [6.45, 7) is 1.16. The highest BCUT2D eigenvalue weighted by atomic mass is 33.1. The molecule has 0 radical (unpaired) electrons. The number of aliphatic imine (C=N–C) groups is 1. The quantitative estimate of drug-likeness (QED) is 0.0541. The maximum atomic E-state index is 15.7. The monoisotopic (exact) mass is 784 g/mol. The molecule has 3 heterocycles. The van der Waals surface area contributed by atoms with Crippen LogP contribution < -0.4 is 31.8 Å². The number of ether oxygens (including phenoxy) is 2. The van der Waals surface area contributed by atoms with Gasteiger partial charge in [-0.25, -0.2) is 4.99 Å². The molecule has 2 aromatic carbocycles. The molecule has 0 unspecified atom stereocenters. The molecule has 2 aliphatic heterocycles. The third-order valence-electron chi connectivity index (χ3n) is 12.1. The zero-order valence-electron chi connectivity index (χ0n) is 30.0. The number of anilines is 1. The van der Waals surface area contributed by atoms with Crippen LogP contribution in [0.15, 0.2) is 38.5 Å². The van der Waals surface area contributed by atoms with Gasteiger partial charge in [-0.3, -0.25) is 15.5 Å². The van der Waals surface area contributed by atoms with Gasteiger partial charge in [0.05, 0.1) is 34.8 Å². The molecular formula is C38H48N4O10S2. The van der Waals surface area contributed by atoms with Gasteiger partial charge in [0.2, 0.25) is 5.43 Å². The van der Waals surface area contributed by atoms with Gasteiger partial charge in [-0.15, -0.1) is 0 Å². The van der Waals surface area contributed by atoms with Crippen molar-refractivity contribution in [3.63, 3.8) is 0 Å². The van der Waals surface area contributed by atoms with Crippen LogP contribution in [0.1, 0.15) is 116 Å². The fourth-order valence-corrected chi connectivity index (χ4v) is 12.6. The SMILES string of the molecule is C[C@]1(O)CCC[C@@H]2c3c(c4c5oc6c(c(=O)c5c3OC3CCCC3)[C@@H](c3ccc(NO)cc3)CC[C@@]6(O)C[C@@](CO)(N=C(N)N)CSS[C@H]4C(O)O)O[C@@H]21. The van der Waals surface area contributed by atoms with Crippen LogP contribution >= 0.6 is 21.6 Å². The lowest BCUT2D eigenvalue weighted by Gasteiger charge is -2.41. The third-order valence-corrected chi connectivity index (χ3v) is 15.0. The van der Waals surface area contributed by atoms with Gasteiger partial charge in [0, 0.05) is 35.1 Å². The molecule has 11 N–H and O–H groups in total. The van der Waals surface area contributed by atoms with E-state index < -0.39 is 52.3 Å². The summed E-state index contributed by atoms with van der Waals surface area (Å²) in [5.41, 5.74) is 11.2. The van der Waals surface area contributed by atoms with E-state index in [1.165, 1.54) is 10.8 Å². The number of benzene rings is 2. The van der Waals surface area contributed by atoms with Gasteiger partial charge in [0.25, 0.3) is 0 Å². The number of nitrogens with zero attached hydrogens (tertiary/aromatic N) is 1. The Morgan fingerprint density at radius 1 is 1.06 bits per heavy atom. The van der Waals surface area contributed by atoms with Crippen molar-refractivity contribution in [2.45, 2.75) is 123 Å². The molecule has 8 rings (SSSR count). The number of nitrogens with one attached hydrogen (secondary N) is 1. The molecule has 2 fully saturated rings. The number of rotatable bonds is 7. The van der Waals surface area contributed by atoms with Crippen LogP contribution in [-0.4, -0.2) is 78.7 Å². The van der Waals surface area contributed by atoms with Crippen LogP contribution in [0, 0.1) is 0 Å². The fraction of sp³-hybridized carbons (Fsp3) is 0.579. The number of aliphatic hydroxyl groups excluding tert-OH is 2. The van der Waals surface area contributed by atoms with Gasteiger partial charge in [-0.1, -0.05) is 33.7 Å². The van der Waals surface area contributed by atoms with Gasteiger partial charge in [0.1, 0.15) is 45.5 Å². The Kier molecular flexibility index (Phi) is 9.82. The number of aliphatic hydroxyl groups is 5. The zero-order valence-corrected chi connectivity index (χ0v) is 31.6. The molecule has 3 aliphatic carbocycles. The van der Waals surface area contributed by atoms with E-state index in [-0.39, 0.29) is 70.2 Å². The Morgan fingerprint density at radius 2 is 1.80 bits per heavy atom. The standard InChI is InChI=1S/C38H48N4O10S2/c1-36(47)13-4-7-22-24-28(50-20-5-2-3-6-20)25-27(44)23-21(18-8-10-19(42-49)11-9-18)12-14-38(48)15-37(16-43,41-35(39)40)17-53-54-31(34(45)46)26(29(24)51-32(22)36)30(25)52-33(23)38/h8-11,20-22,31-32,34,42-43,45-49H,2-7,12-17H2,1H3,(H4,39,40,41)/t21-,22-,31-,32+,36+,37+,38-/m1/s1. The molecule has 0 amide bonds. The molecule has 14 nitrogen and oxygen atoms in total. The van der Waals surface area contributed by atoms with E-state index in [1.54, 1.807) is 31.2 Å². The average molecular weight is 785 g/mol. The minimum atomic E-state index is -1.98. The molecular weight excluding hydrogens is 737 g/mol.